The van der Waals surface area contributed by atoms with Crippen LogP contribution in [-0.4, -0.2) is 47.4 Å². The van der Waals surface area contributed by atoms with E-state index in [1.165, 1.54) is 25.3 Å². The second-order valence-electron chi connectivity index (χ2n) is 11.0. The fraction of sp³-hybridized carbons (Fsp3) is 0.257. The van der Waals surface area contributed by atoms with Crippen LogP contribution in [0.1, 0.15) is 41.5 Å². The number of ether oxygens (including phenoxy) is 1. The van der Waals surface area contributed by atoms with Crippen molar-refractivity contribution >= 4 is 11.7 Å². The van der Waals surface area contributed by atoms with Crippen molar-refractivity contribution in [1.82, 2.24) is 15.8 Å². The van der Waals surface area contributed by atoms with Crippen LogP contribution in [0.25, 0.3) is 22.3 Å². The lowest BCUT2D eigenvalue weighted by molar-refractivity contribution is -0.129. The molecule has 10 nitrogen and oxygen atoms in total. The number of halogens is 1. The average molecular weight is 621 g/mol. The zero-order valence-corrected chi connectivity index (χ0v) is 25.3. The highest BCUT2D eigenvalue weighted by molar-refractivity contribution is 5.90. The Morgan fingerprint density at radius 2 is 1.76 bits per heavy atom. The van der Waals surface area contributed by atoms with Crippen molar-refractivity contribution in [2.45, 2.75) is 38.3 Å². The van der Waals surface area contributed by atoms with Gasteiger partial charge in [0.25, 0.3) is 0 Å². The van der Waals surface area contributed by atoms with Gasteiger partial charge in [0, 0.05) is 49.4 Å². The molecule has 46 heavy (non-hydrogen) atoms. The Labute approximate surface area is 266 Å². The second kappa shape index (κ2) is 14.5. The number of benzene rings is 3. The highest BCUT2D eigenvalue weighted by atomic mass is 19.1. The van der Waals surface area contributed by atoms with E-state index >= 15 is 0 Å². The summed E-state index contributed by atoms with van der Waals surface area (Å²) in [5.41, 5.74) is 5.93. The highest BCUT2D eigenvalue weighted by Gasteiger charge is 2.26. The molecule has 4 N–H and O–H groups in total. The number of nitriles is 2. The number of methoxy groups -OCH3 is 1. The maximum absolute atomic E-state index is 14.8. The molecule has 1 aromatic heterocycles. The molecule has 0 bridgehead atoms. The van der Waals surface area contributed by atoms with Crippen molar-refractivity contribution in [3.05, 3.63) is 94.9 Å². The summed E-state index contributed by atoms with van der Waals surface area (Å²) in [4.78, 5) is 18.0. The van der Waals surface area contributed by atoms with Crippen molar-refractivity contribution in [3.8, 4) is 45.9 Å². The van der Waals surface area contributed by atoms with Gasteiger partial charge >= 0.3 is 0 Å². The second-order valence-corrected chi connectivity index (χ2v) is 11.0. The molecule has 11 heteroatoms. The lowest BCUT2D eigenvalue weighted by Gasteiger charge is -2.34. The first-order valence-corrected chi connectivity index (χ1v) is 14.8. The van der Waals surface area contributed by atoms with Crippen molar-refractivity contribution in [3.63, 3.8) is 0 Å². The van der Waals surface area contributed by atoms with Gasteiger partial charge in [-0.15, -0.1) is 0 Å². The van der Waals surface area contributed by atoms with Crippen LogP contribution < -0.4 is 20.4 Å². The quantitative estimate of drug-likeness (QED) is 0.138. The van der Waals surface area contributed by atoms with Gasteiger partial charge in [-0.25, -0.2) is 14.9 Å². The fourth-order valence-corrected chi connectivity index (χ4v) is 5.68. The van der Waals surface area contributed by atoms with E-state index in [0.29, 0.717) is 54.1 Å². The summed E-state index contributed by atoms with van der Waals surface area (Å²) in [6, 6.07) is 21.5. The maximum atomic E-state index is 14.8. The van der Waals surface area contributed by atoms with E-state index in [1.807, 2.05) is 30.3 Å². The summed E-state index contributed by atoms with van der Waals surface area (Å²) in [6.45, 7) is 1.98. The van der Waals surface area contributed by atoms with Crippen LogP contribution in [-0.2, 0) is 17.8 Å². The number of amides is 1. The minimum Gasteiger partial charge on any atom is -0.504 e. The Balaban J connectivity index is 1.35. The molecule has 0 spiro atoms. The number of carbonyl (C=O) groups excluding carboxylic acids is 1. The number of piperidine rings is 1. The number of rotatable bonds is 10. The molecule has 4 aromatic rings. The summed E-state index contributed by atoms with van der Waals surface area (Å²) in [5.74, 6) is -0.411. The van der Waals surface area contributed by atoms with Crippen LogP contribution in [0.2, 0.25) is 0 Å². The number of phenolic OH excluding ortho intramolecular Hbond substituents is 1. The topological polar surface area (TPSA) is 155 Å². The third-order valence-corrected chi connectivity index (χ3v) is 8.22. The zero-order valence-electron chi connectivity index (χ0n) is 25.3. The smallest absolute Gasteiger partial charge is 0.243 e. The summed E-state index contributed by atoms with van der Waals surface area (Å²) >= 11 is 0. The van der Waals surface area contributed by atoms with Gasteiger partial charge in [-0.3, -0.25) is 10.0 Å². The number of nitrogens with zero attached hydrogens (tertiary/aromatic N) is 4. The monoisotopic (exact) mass is 620 g/mol. The van der Waals surface area contributed by atoms with Crippen molar-refractivity contribution in [2.24, 2.45) is 0 Å². The zero-order chi connectivity index (χ0) is 32.6. The number of hydrogen-bond donors (Lipinski definition) is 4. The van der Waals surface area contributed by atoms with Gasteiger partial charge in [0.2, 0.25) is 5.91 Å². The molecular weight excluding hydrogens is 587 g/mol. The molecule has 1 amide bonds. The van der Waals surface area contributed by atoms with Gasteiger partial charge in [0.05, 0.1) is 12.7 Å². The minimum atomic E-state index is -0.693. The third-order valence-electron chi connectivity index (χ3n) is 8.22. The molecule has 1 saturated heterocycles. The first kappa shape index (κ1) is 31.9. The van der Waals surface area contributed by atoms with Gasteiger partial charge in [-0.05, 0) is 65.8 Å². The van der Waals surface area contributed by atoms with E-state index in [9.17, 15) is 24.8 Å². The average Bonchev–Trinajstić information content (AvgIpc) is 3.09. The first-order valence-electron chi connectivity index (χ1n) is 14.8. The van der Waals surface area contributed by atoms with E-state index in [1.54, 1.807) is 29.9 Å². The number of anilines is 1. The number of aryl methyl sites for hydroxylation is 1. The number of hydrogen-bond acceptors (Lipinski definition) is 9. The fourth-order valence-electron chi connectivity index (χ4n) is 5.68. The largest absolute Gasteiger partial charge is 0.504 e. The van der Waals surface area contributed by atoms with Gasteiger partial charge in [-0.1, -0.05) is 36.4 Å². The summed E-state index contributed by atoms with van der Waals surface area (Å²) in [6.07, 6.45) is 4.02. The summed E-state index contributed by atoms with van der Waals surface area (Å²) in [5, 5.41) is 42.4. The SMILES string of the molecule is COc1ccc(-c2cnc(N3CCC(NCc4ccc(CCC(=O)NO)cc4)CC3)c(C#N)c2-c2ccc(C#N)c(F)c2)cc1O. The number of hydroxylamine groups is 1. The predicted molar refractivity (Wildman–Crippen MR) is 169 cm³/mol. The molecule has 1 aliphatic rings. The Bertz CT molecular complexity index is 1810. The highest BCUT2D eigenvalue weighted by Crippen LogP contribution is 2.41. The number of pyridine rings is 1. The minimum absolute atomic E-state index is 0.0860. The van der Waals surface area contributed by atoms with Crippen molar-refractivity contribution in [2.75, 3.05) is 25.1 Å². The van der Waals surface area contributed by atoms with Crippen molar-refractivity contribution in [1.29, 1.82) is 10.5 Å². The van der Waals surface area contributed by atoms with Crippen LogP contribution in [0.5, 0.6) is 11.5 Å². The number of aromatic hydroxyl groups is 1. The molecule has 0 radical (unpaired) electrons. The summed E-state index contributed by atoms with van der Waals surface area (Å²) in [7, 11) is 1.45. The summed E-state index contributed by atoms with van der Waals surface area (Å²) < 4.78 is 20.0. The Morgan fingerprint density at radius 1 is 1.04 bits per heavy atom. The normalized spacial score (nSPS) is 13.1. The molecule has 3 aromatic carbocycles. The molecule has 0 atom stereocenters. The third kappa shape index (κ3) is 7.08. The lowest BCUT2D eigenvalue weighted by atomic mass is 9.91. The van der Waals surface area contributed by atoms with Gasteiger partial charge in [0.15, 0.2) is 11.5 Å². The maximum Gasteiger partial charge on any atom is 0.243 e. The van der Waals surface area contributed by atoms with Gasteiger partial charge in [-0.2, -0.15) is 10.5 Å². The Hall–Kier alpha value is -5.49. The Morgan fingerprint density at radius 3 is 2.39 bits per heavy atom. The van der Waals surface area contributed by atoms with E-state index in [-0.39, 0.29) is 35.1 Å². The van der Waals surface area contributed by atoms with Crippen LogP contribution in [0.4, 0.5) is 10.2 Å². The van der Waals surface area contributed by atoms with Crippen molar-refractivity contribution < 1.29 is 24.2 Å². The molecule has 5 rings (SSSR count). The Kier molecular flexibility index (Phi) is 10.1. The molecule has 0 aliphatic carbocycles. The van der Waals surface area contributed by atoms with Gasteiger partial charge < -0.3 is 20.1 Å². The predicted octanol–water partition coefficient (Wildman–Crippen LogP) is 5.21. The number of carbonyl (C=O) groups is 1. The molecular formula is C35H33FN6O4. The number of phenols is 1. The molecule has 0 saturated carbocycles. The van der Waals surface area contributed by atoms with Crippen LogP contribution in [0.3, 0.4) is 0 Å². The standard InChI is InChI=1S/C35H33FN6O4/c1-46-32-10-9-24(17-31(32)43)29-21-40-35(28(19-38)34(29)25-7-8-26(18-37)30(36)16-25)42-14-12-27(13-15-42)39-20-23-4-2-22(3-5-23)6-11-33(44)41-45/h2-5,7-10,16-17,21,27,39,43,45H,6,11-15,20H2,1H3,(H,41,44). The molecule has 1 aliphatic heterocycles. The molecule has 2 heterocycles. The van der Waals surface area contributed by atoms with Crippen LogP contribution in [0.15, 0.2) is 66.9 Å². The van der Waals surface area contributed by atoms with E-state index in [2.05, 4.69) is 16.3 Å². The molecule has 234 valence electrons. The number of nitrogens with one attached hydrogen (secondary N) is 2. The molecule has 1 fully saturated rings. The van der Waals surface area contributed by atoms with E-state index in [4.69, 9.17) is 14.9 Å². The van der Waals surface area contributed by atoms with Gasteiger partial charge in [0.1, 0.15) is 29.3 Å². The van der Waals surface area contributed by atoms with E-state index in [0.717, 1.165) is 24.0 Å². The van der Waals surface area contributed by atoms with E-state index < -0.39 is 11.7 Å². The lowest BCUT2D eigenvalue weighted by Crippen LogP contribution is -2.42. The number of aromatic nitrogens is 1. The van der Waals surface area contributed by atoms with Crippen LogP contribution in [0, 0.1) is 28.5 Å². The van der Waals surface area contributed by atoms with Crippen LogP contribution >= 0.6 is 0 Å². The first-order chi connectivity index (χ1) is 22.3. The molecule has 0 unspecified atom stereocenters.